The van der Waals surface area contributed by atoms with Crippen molar-refractivity contribution in [1.29, 1.82) is 0 Å². The number of likely N-dealkylation sites (N-methyl/N-ethyl adjacent to an activating group) is 1. The SMILES string of the molecule is C[C@@H]1CCCCCCCCC(=O)N(C)[C@@H](C)C(=O)N[C@H]([C@H](O)CNCc2cncc(Br)c2)C1. The molecule has 186 valence electrons. The van der Waals surface area contributed by atoms with Gasteiger partial charge >= 0.3 is 0 Å². The monoisotopic (exact) mass is 524 g/mol. The van der Waals surface area contributed by atoms with Gasteiger partial charge in [-0.3, -0.25) is 14.6 Å². The first-order valence-electron chi connectivity index (χ1n) is 12.3. The minimum atomic E-state index is -0.733. The number of carbonyl (C=O) groups excluding carboxylic acids is 2. The molecule has 4 atom stereocenters. The summed E-state index contributed by atoms with van der Waals surface area (Å²) in [4.78, 5) is 31.2. The summed E-state index contributed by atoms with van der Waals surface area (Å²) in [6, 6.07) is 1.03. The molecule has 0 saturated carbocycles. The molecule has 1 aromatic heterocycles. The first-order valence-corrected chi connectivity index (χ1v) is 13.1. The predicted octanol–water partition coefficient (Wildman–Crippen LogP) is 3.79. The minimum absolute atomic E-state index is 0.000455. The van der Waals surface area contributed by atoms with Gasteiger partial charge in [-0.05, 0) is 53.2 Å². The molecule has 1 aliphatic heterocycles. The number of hydrogen-bond donors (Lipinski definition) is 3. The van der Waals surface area contributed by atoms with Gasteiger partial charge in [0.1, 0.15) is 6.04 Å². The van der Waals surface area contributed by atoms with Gasteiger partial charge in [-0.15, -0.1) is 0 Å². The summed E-state index contributed by atoms with van der Waals surface area (Å²) >= 11 is 3.42. The number of nitrogens with zero attached hydrogens (tertiary/aromatic N) is 2. The molecule has 2 amide bonds. The Bertz CT molecular complexity index is 748. The number of amides is 2. The zero-order valence-electron chi connectivity index (χ0n) is 20.4. The first-order chi connectivity index (χ1) is 15.8. The van der Waals surface area contributed by atoms with Crippen LogP contribution in [0.25, 0.3) is 0 Å². The van der Waals surface area contributed by atoms with Crippen LogP contribution in [0.2, 0.25) is 0 Å². The van der Waals surface area contributed by atoms with Gasteiger partial charge in [0.25, 0.3) is 0 Å². The molecule has 3 N–H and O–H groups in total. The lowest BCUT2D eigenvalue weighted by atomic mass is 9.92. The average molecular weight is 526 g/mol. The summed E-state index contributed by atoms with van der Waals surface area (Å²) in [5, 5.41) is 17.3. The van der Waals surface area contributed by atoms with Gasteiger partial charge in [-0.1, -0.05) is 45.4 Å². The molecule has 8 heteroatoms. The van der Waals surface area contributed by atoms with Crippen LogP contribution in [-0.4, -0.2) is 58.6 Å². The van der Waals surface area contributed by atoms with Crippen LogP contribution in [0.1, 0.15) is 77.2 Å². The Hall–Kier alpha value is -1.51. The highest BCUT2D eigenvalue weighted by atomic mass is 79.9. The first kappa shape index (κ1) is 27.7. The van der Waals surface area contributed by atoms with E-state index in [0.29, 0.717) is 31.8 Å². The lowest BCUT2D eigenvalue weighted by Gasteiger charge is -2.31. The topological polar surface area (TPSA) is 94.6 Å². The van der Waals surface area contributed by atoms with Gasteiger partial charge in [0.2, 0.25) is 11.8 Å². The number of nitrogens with one attached hydrogen (secondary N) is 2. The van der Waals surface area contributed by atoms with E-state index in [1.807, 2.05) is 6.07 Å². The van der Waals surface area contributed by atoms with Gasteiger partial charge < -0.3 is 20.6 Å². The van der Waals surface area contributed by atoms with E-state index in [0.717, 1.165) is 42.1 Å². The molecule has 0 spiro atoms. The molecular weight excluding hydrogens is 484 g/mol. The van der Waals surface area contributed by atoms with E-state index in [2.05, 4.69) is 38.5 Å². The molecule has 1 fully saturated rings. The summed E-state index contributed by atoms with van der Waals surface area (Å²) in [6.07, 6.45) is 11.7. The third-order valence-electron chi connectivity index (χ3n) is 6.58. The van der Waals surface area contributed by atoms with Crippen LogP contribution in [0.5, 0.6) is 0 Å². The molecule has 0 radical (unpaired) electrons. The number of aliphatic hydroxyl groups excluding tert-OH is 1. The molecule has 0 bridgehead atoms. The van der Waals surface area contributed by atoms with Crippen molar-refractivity contribution in [3.05, 3.63) is 28.5 Å². The second kappa shape index (κ2) is 14.7. The molecule has 1 aliphatic rings. The van der Waals surface area contributed by atoms with Gasteiger partial charge in [0.15, 0.2) is 0 Å². The van der Waals surface area contributed by atoms with Crippen molar-refractivity contribution < 1.29 is 14.7 Å². The highest BCUT2D eigenvalue weighted by Gasteiger charge is 2.28. The molecular formula is C25H41BrN4O3. The quantitative estimate of drug-likeness (QED) is 0.544. The number of pyridine rings is 1. The van der Waals surface area contributed by atoms with Gasteiger partial charge in [0.05, 0.1) is 12.1 Å². The fourth-order valence-corrected chi connectivity index (χ4v) is 4.68. The number of halogens is 1. The van der Waals surface area contributed by atoms with Crippen molar-refractivity contribution in [2.24, 2.45) is 5.92 Å². The second-order valence-corrected chi connectivity index (χ2v) is 10.4. The van der Waals surface area contributed by atoms with Gasteiger partial charge in [0, 0.05) is 43.4 Å². The van der Waals surface area contributed by atoms with E-state index in [-0.39, 0.29) is 17.9 Å². The number of rotatable bonds is 5. The minimum Gasteiger partial charge on any atom is -0.390 e. The molecule has 1 saturated heterocycles. The molecule has 0 aliphatic carbocycles. The van der Waals surface area contributed by atoms with Crippen LogP contribution in [-0.2, 0) is 16.1 Å². The zero-order chi connectivity index (χ0) is 24.2. The zero-order valence-corrected chi connectivity index (χ0v) is 21.9. The van der Waals surface area contributed by atoms with E-state index in [4.69, 9.17) is 0 Å². The molecule has 33 heavy (non-hydrogen) atoms. The summed E-state index contributed by atoms with van der Waals surface area (Å²) < 4.78 is 0.911. The molecule has 2 heterocycles. The maximum absolute atomic E-state index is 13.0. The Morgan fingerprint density at radius 3 is 2.61 bits per heavy atom. The van der Waals surface area contributed by atoms with E-state index in [1.54, 1.807) is 26.4 Å². The van der Waals surface area contributed by atoms with E-state index < -0.39 is 12.1 Å². The van der Waals surface area contributed by atoms with Crippen LogP contribution in [0.15, 0.2) is 22.9 Å². The highest BCUT2D eigenvalue weighted by Crippen LogP contribution is 2.19. The third kappa shape index (κ3) is 10.1. The fourth-order valence-electron chi connectivity index (χ4n) is 4.27. The summed E-state index contributed by atoms with van der Waals surface area (Å²) in [6.45, 7) is 4.87. The molecule has 2 rings (SSSR count). The Labute approximate surface area is 207 Å². The maximum atomic E-state index is 13.0. The van der Waals surface area contributed by atoms with Crippen LogP contribution < -0.4 is 10.6 Å². The van der Waals surface area contributed by atoms with Gasteiger partial charge in [-0.2, -0.15) is 0 Å². The average Bonchev–Trinajstić information content (AvgIpc) is 2.78. The molecule has 7 nitrogen and oxygen atoms in total. The van der Waals surface area contributed by atoms with Crippen LogP contribution >= 0.6 is 15.9 Å². The lowest BCUT2D eigenvalue weighted by Crippen LogP contribution is -2.53. The summed E-state index contributed by atoms with van der Waals surface area (Å²) in [5.41, 5.74) is 1.01. The van der Waals surface area contributed by atoms with E-state index in [9.17, 15) is 14.7 Å². The Morgan fingerprint density at radius 1 is 1.18 bits per heavy atom. The van der Waals surface area contributed by atoms with Crippen LogP contribution in [0.3, 0.4) is 0 Å². The second-order valence-electron chi connectivity index (χ2n) is 9.51. The lowest BCUT2D eigenvalue weighted by molar-refractivity contribution is -0.139. The number of hydrogen-bond acceptors (Lipinski definition) is 5. The normalized spacial score (nSPS) is 25.5. The molecule has 1 aromatic rings. The van der Waals surface area contributed by atoms with Crippen molar-refractivity contribution in [3.8, 4) is 0 Å². The Morgan fingerprint density at radius 2 is 1.88 bits per heavy atom. The molecule has 0 aromatic carbocycles. The third-order valence-corrected chi connectivity index (χ3v) is 7.02. The van der Waals surface area contributed by atoms with Crippen molar-refractivity contribution >= 4 is 27.7 Å². The van der Waals surface area contributed by atoms with Crippen LogP contribution in [0.4, 0.5) is 0 Å². The van der Waals surface area contributed by atoms with Crippen molar-refractivity contribution in [1.82, 2.24) is 20.5 Å². The Balaban J connectivity index is 2.02. The smallest absolute Gasteiger partial charge is 0.242 e. The van der Waals surface area contributed by atoms with Gasteiger partial charge in [-0.25, -0.2) is 0 Å². The summed E-state index contributed by atoms with van der Waals surface area (Å²) in [5.74, 6) is 0.173. The highest BCUT2D eigenvalue weighted by molar-refractivity contribution is 9.10. The standard InChI is InChI=1S/C25H41BrN4O3/c1-18-10-8-6-4-5-7-9-11-24(32)30(3)19(2)25(33)29-22(12-18)23(31)17-28-15-20-13-21(26)16-27-14-20/h13-14,16,18-19,22-23,28,31H,4-12,15,17H2,1-3H3,(H,29,33)/t18-,19+,22+,23-/m1/s1. The van der Waals surface area contributed by atoms with Crippen molar-refractivity contribution in [2.75, 3.05) is 13.6 Å². The largest absolute Gasteiger partial charge is 0.390 e. The van der Waals surface area contributed by atoms with Crippen molar-refractivity contribution in [2.45, 2.75) is 96.4 Å². The van der Waals surface area contributed by atoms with Crippen molar-refractivity contribution in [3.63, 3.8) is 0 Å². The summed E-state index contributed by atoms with van der Waals surface area (Å²) in [7, 11) is 1.69. The van der Waals surface area contributed by atoms with E-state index in [1.165, 1.54) is 17.7 Å². The maximum Gasteiger partial charge on any atom is 0.242 e. The number of aliphatic hydroxyl groups is 1. The van der Waals surface area contributed by atoms with E-state index >= 15 is 0 Å². The number of aromatic nitrogens is 1. The Kier molecular flexibility index (Phi) is 12.3. The number of carbonyl (C=O) groups is 2. The fraction of sp³-hybridized carbons (Fsp3) is 0.720. The van der Waals surface area contributed by atoms with Crippen LogP contribution in [0, 0.1) is 5.92 Å². The molecule has 0 unspecified atom stereocenters. The predicted molar refractivity (Wildman–Crippen MR) is 135 cm³/mol.